The van der Waals surface area contributed by atoms with Crippen LogP contribution in [0.15, 0.2) is 12.1 Å². The number of aliphatic hydroxyl groups is 1. The van der Waals surface area contributed by atoms with Crippen LogP contribution in [0, 0.1) is 17.8 Å². The highest BCUT2D eigenvalue weighted by molar-refractivity contribution is 7.12. The van der Waals surface area contributed by atoms with Crippen molar-refractivity contribution in [2.75, 3.05) is 6.61 Å². The van der Waals surface area contributed by atoms with E-state index in [0.717, 1.165) is 22.6 Å². The van der Waals surface area contributed by atoms with E-state index in [1.54, 1.807) is 11.3 Å². The van der Waals surface area contributed by atoms with Gasteiger partial charge in [0.2, 0.25) is 5.91 Å². The number of amides is 1. The average molecular weight is 265 g/mol. The molecule has 1 amide bonds. The summed E-state index contributed by atoms with van der Waals surface area (Å²) < 4.78 is 0. The Bertz CT molecular complexity index is 442. The number of carbonyl (C=O) groups is 1. The van der Waals surface area contributed by atoms with Crippen molar-refractivity contribution in [3.63, 3.8) is 0 Å². The van der Waals surface area contributed by atoms with E-state index < -0.39 is 0 Å². The van der Waals surface area contributed by atoms with E-state index in [-0.39, 0.29) is 18.4 Å². The second kappa shape index (κ2) is 7.91. The summed E-state index contributed by atoms with van der Waals surface area (Å²) in [4.78, 5) is 13.7. The van der Waals surface area contributed by atoms with E-state index in [1.165, 1.54) is 0 Å². The predicted molar refractivity (Wildman–Crippen MR) is 74.2 cm³/mol. The van der Waals surface area contributed by atoms with E-state index in [9.17, 15) is 4.79 Å². The Hall–Kier alpha value is -1.31. The first-order valence-corrected chi connectivity index (χ1v) is 6.95. The van der Waals surface area contributed by atoms with Gasteiger partial charge in [-0.05, 0) is 18.6 Å². The molecule has 1 rings (SSSR count). The van der Waals surface area contributed by atoms with E-state index in [1.807, 2.05) is 19.1 Å². The maximum atomic E-state index is 11.7. The van der Waals surface area contributed by atoms with Gasteiger partial charge in [-0.15, -0.1) is 11.3 Å². The fourth-order valence-electron chi connectivity index (χ4n) is 1.58. The van der Waals surface area contributed by atoms with Crippen molar-refractivity contribution >= 4 is 17.2 Å². The fraction of sp³-hybridized carbons (Fsp3) is 0.500. The first-order chi connectivity index (χ1) is 8.67. The summed E-state index contributed by atoms with van der Waals surface area (Å²) in [5, 5.41) is 11.5. The number of rotatable bonds is 5. The molecule has 0 saturated heterocycles. The number of hydrogen-bond acceptors (Lipinski definition) is 3. The number of thiophene rings is 1. The standard InChI is InChI=1S/C14H19NO2S/c1-3-5-11(2)14(17)15-10-13-8-7-12(18-13)6-4-9-16/h7-8,11,16H,3,5,9-10H2,1-2H3,(H,15,17). The van der Waals surface area contributed by atoms with Crippen LogP contribution in [0.4, 0.5) is 0 Å². The maximum absolute atomic E-state index is 11.7. The van der Waals surface area contributed by atoms with Crippen LogP contribution in [0.2, 0.25) is 0 Å². The lowest BCUT2D eigenvalue weighted by molar-refractivity contribution is -0.124. The third-order valence-electron chi connectivity index (χ3n) is 2.56. The van der Waals surface area contributed by atoms with Gasteiger partial charge in [-0.25, -0.2) is 0 Å². The Labute approximate surface area is 112 Å². The van der Waals surface area contributed by atoms with Gasteiger partial charge in [-0.1, -0.05) is 32.1 Å². The van der Waals surface area contributed by atoms with Gasteiger partial charge in [0, 0.05) is 10.8 Å². The Morgan fingerprint density at radius 2 is 2.33 bits per heavy atom. The molecule has 1 atom stereocenters. The molecule has 0 aliphatic carbocycles. The zero-order valence-corrected chi connectivity index (χ0v) is 11.6. The van der Waals surface area contributed by atoms with Gasteiger partial charge in [0.1, 0.15) is 6.61 Å². The lowest BCUT2D eigenvalue weighted by Gasteiger charge is -2.09. The van der Waals surface area contributed by atoms with Crippen LogP contribution in [0.3, 0.4) is 0 Å². The van der Waals surface area contributed by atoms with Crippen LogP contribution in [0.5, 0.6) is 0 Å². The van der Waals surface area contributed by atoms with Crippen molar-refractivity contribution < 1.29 is 9.90 Å². The summed E-state index contributed by atoms with van der Waals surface area (Å²) in [6.45, 7) is 4.46. The normalized spacial score (nSPS) is 11.5. The molecule has 1 aromatic heterocycles. The zero-order valence-electron chi connectivity index (χ0n) is 10.8. The Morgan fingerprint density at radius 3 is 3.00 bits per heavy atom. The van der Waals surface area contributed by atoms with E-state index >= 15 is 0 Å². The fourth-order valence-corrected chi connectivity index (χ4v) is 2.40. The Morgan fingerprint density at radius 1 is 1.56 bits per heavy atom. The largest absolute Gasteiger partial charge is 0.384 e. The summed E-state index contributed by atoms with van der Waals surface area (Å²) in [7, 11) is 0. The van der Waals surface area contributed by atoms with Crippen LogP contribution in [-0.4, -0.2) is 17.6 Å². The second-order valence-corrected chi connectivity index (χ2v) is 5.30. The molecule has 98 valence electrons. The van der Waals surface area contributed by atoms with Gasteiger partial charge in [0.05, 0.1) is 11.4 Å². The lowest BCUT2D eigenvalue weighted by atomic mass is 10.1. The molecule has 1 heterocycles. The van der Waals surface area contributed by atoms with E-state index in [4.69, 9.17) is 5.11 Å². The highest BCUT2D eigenvalue weighted by Crippen LogP contribution is 2.15. The molecule has 0 aliphatic rings. The molecule has 0 aliphatic heterocycles. The van der Waals surface area contributed by atoms with Gasteiger partial charge >= 0.3 is 0 Å². The van der Waals surface area contributed by atoms with Crippen molar-refractivity contribution in [2.24, 2.45) is 5.92 Å². The van der Waals surface area contributed by atoms with Crippen LogP contribution >= 0.6 is 11.3 Å². The monoisotopic (exact) mass is 265 g/mol. The topological polar surface area (TPSA) is 49.3 Å². The molecule has 1 aromatic rings. The van der Waals surface area contributed by atoms with Gasteiger partial charge in [-0.3, -0.25) is 4.79 Å². The van der Waals surface area contributed by atoms with Crippen molar-refractivity contribution in [1.29, 1.82) is 0 Å². The molecule has 0 aromatic carbocycles. The molecule has 1 unspecified atom stereocenters. The third kappa shape index (κ3) is 4.91. The Kier molecular flexibility index (Phi) is 6.48. The minimum atomic E-state index is -0.126. The minimum Gasteiger partial charge on any atom is -0.384 e. The predicted octanol–water partition coefficient (Wildman–Crippen LogP) is 2.14. The number of aliphatic hydroxyl groups excluding tert-OH is 1. The van der Waals surface area contributed by atoms with Crippen LogP contribution in [0.1, 0.15) is 36.4 Å². The van der Waals surface area contributed by atoms with Crippen molar-refractivity contribution in [3.05, 3.63) is 21.9 Å². The van der Waals surface area contributed by atoms with Crippen molar-refractivity contribution in [2.45, 2.75) is 33.2 Å². The van der Waals surface area contributed by atoms with Crippen molar-refractivity contribution in [3.8, 4) is 11.8 Å². The van der Waals surface area contributed by atoms with Gasteiger partial charge in [0.15, 0.2) is 0 Å². The molecule has 18 heavy (non-hydrogen) atoms. The molecule has 0 saturated carbocycles. The molecule has 4 heteroatoms. The van der Waals surface area contributed by atoms with Crippen LogP contribution in [-0.2, 0) is 11.3 Å². The molecule has 2 N–H and O–H groups in total. The summed E-state index contributed by atoms with van der Waals surface area (Å²) >= 11 is 1.54. The molecule has 3 nitrogen and oxygen atoms in total. The number of hydrogen-bond donors (Lipinski definition) is 2. The highest BCUT2D eigenvalue weighted by atomic mass is 32.1. The van der Waals surface area contributed by atoms with Gasteiger partial charge in [0.25, 0.3) is 0 Å². The van der Waals surface area contributed by atoms with Crippen molar-refractivity contribution in [1.82, 2.24) is 5.32 Å². The molecule has 0 bridgehead atoms. The first-order valence-electron chi connectivity index (χ1n) is 6.13. The smallest absolute Gasteiger partial charge is 0.223 e. The van der Waals surface area contributed by atoms with Crippen LogP contribution < -0.4 is 5.32 Å². The zero-order chi connectivity index (χ0) is 13.4. The average Bonchev–Trinajstić information content (AvgIpc) is 2.81. The molecule has 0 radical (unpaired) electrons. The lowest BCUT2D eigenvalue weighted by Crippen LogP contribution is -2.28. The van der Waals surface area contributed by atoms with E-state index in [2.05, 4.69) is 24.1 Å². The quantitative estimate of drug-likeness (QED) is 0.801. The third-order valence-corrected chi connectivity index (χ3v) is 3.56. The van der Waals surface area contributed by atoms with E-state index in [0.29, 0.717) is 6.54 Å². The number of carbonyl (C=O) groups excluding carboxylic acids is 1. The summed E-state index contributed by atoms with van der Waals surface area (Å²) in [5.74, 6) is 5.64. The summed E-state index contributed by atoms with van der Waals surface area (Å²) in [5.41, 5.74) is 0. The van der Waals surface area contributed by atoms with Gasteiger partial charge in [-0.2, -0.15) is 0 Å². The highest BCUT2D eigenvalue weighted by Gasteiger charge is 2.11. The van der Waals surface area contributed by atoms with Gasteiger partial charge < -0.3 is 10.4 Å². The second-order valence-electron chi connectivity index (χ2n) is 4.13. The molecule has 0 spiro atoms. The number of nitrogens with one attached hydrogen (secondary N) is 1. The molecular formula is C14H19NO2S. The minimum absolute atomic E-state index is 0.0728. The van der Waals surface area contributed by atoms with Crippen LogP contribution in [0.25, 0.3) is 0 Å². The maximum Gasteiger partial charge on any atom is 0.223 e. The summed E-state index contributed by atoms with van der Waals surface area (Å²) in [6.07, 6.45) is 1.94. The first kappa shape index (κ1) is 14.7. The summed E-state index contributed by atoms with van der Waals surface area (Å²) in [6, 6.07) is 3.86. The molecule has 0 fully saturated rings. The SMILES string of the molecule is CCCC(C)C(=O)NCc1ccc(C#CCO)s1. The Balaban J connectivity index is 2.44. The molecular weight excluding hydrogens is 246 g/mol.